The van der Waals surface area contributed by atoms with E-state index in [-0.39, 0.29) is 8.31 Å². The second-order valence-electron chi connectivity index (χ2n) is 2.80. The molecule has 0 aliphatic carbocycles. The molecule has 0 amide bonds. The summed E-state index contributed by atoms with van der Waals surface area (Å²) in [6.45, 7) is 4.65. The van der Waals surface area contributed by atoms with Crippen LogP contribution in [0.1, 0.15) is 13.8 Å². The van der Waals surface area contributed by atoms with Crippen LogP contribution in [0, 0.1) is 0 Å². The predicted molar refractivity (Wildman–Crippen MR) is 58.5 cm³/mol. The van der Waals surface area contributed by atoms with E-state index in [2.05, 4.69) is 44.2 Å². The highest BCUT2D eigenvalue weighted by atomic mass is 29.2. The molecule has 0 aromatic heterocycles. The monoisotopic (exact) mass is 191 g/mol. The molecule has 0 nitrogen and oxygen atoms in total. The highest BCUT2D eigenvalue weighted by Gasteiger charge is 2.06. The summed E-state index contributed by atoms with van der Waals surface area (Å²) in [6, 6.07) is 13.7. The molecule has 12 heavy (non-hydrogen) atoms. The third kappa shape index (κ3) is 2.95. The van der Waals surface area contributed by atoms with E-state index in [0.29, 0.717) is 0 Å². The SMILES string of the molecule is CC[Si](CC)[Si]c1ccccc1. The molecule has 0 aliphatic heterocycles. The van der Waals surface area contributed by atoms with Gasteiger partial charge in [0.05, 0.1) is 9.04 Å². The fourth-order valence-corrected chi connectivity index (χ4v) is 5.56. The van der Waals surface area contributed by atoms with Gasteiger partial charge in [0.25, 0.3) is 0 Å². The Morgan fingerprint density at radius 1 is 1.08 bits per heavy atom. The van der Waals surface area contributed by atoms with Crippen molar-refractivity contribution in [2.75, 3.05) is 0 Å². The lowest BCUT2D eigenvalue weighted by Crippen LogP contribution is -2.30. The number of rotatable bonds is 4. The van der Waals surface area contributed by atoms with Gasteiger partial charge in [-0.1, -0.05) is 61.5 Å². The van der Waals surface area contributed by atoms with Crippen molar-refractivity contribution in [2.24, 2.45) is 0 Å². The average Bonchev–Trinajstić information content (AvgIpc) is 2.16. The molecule has 0 heterocycles. The van der Waals surface area contributed by atoms with Gasteiger partial charge in [-0.2, -0.15) is 0 Å². The van der Waals surface area contributed by atoms with Gasteiger partial charge >= 0.3 is 0 Å². The summed E-state index contributed by atoms with van der Waals surface area (Å²) >= 11 is 0. The Bertz CT molecular complexity index is 204. The second kappa shape index (κ2) is 5.33. The van der Waals surface area contributed by atoms with Gasteiger partial charge in [-0.25, -0.2) is 0 Å². The van der Waals surface area contributed by atoms with E-state index in [1.165, 1.54) is 12.1 Å². The van der Waals surface area contributed by atoms with E-state index >= 15 is 0 Å². The third-order valence-electron chi connectivity index (χ3n) is 1.95. The maximum atomic E-state index is 2.33. The van der Waals surface area contributed by atoms with Crippen molar-refractivity contribution in [1.29, 1.82) is 0 Å². The van der Waals surface area contributed by atoms with Crippen molar-refractivity contribution in [3.8, 4) is 0 Å². The lowest BCUT2D eigenvalue weighted by molar-refractivity contribution is 1.35. The van der Waals surface area contributed by atoms with Crippen molar-refractivity contribution in [1.82, 2.24) is 0 Å². The van der Waals surface area contributed by atoms with Crippen LogP contribution in [0.3, 0.4) is 0 Å². The van der Waals surface area contributed by atoms with Crippen LogP contribution in [0.5, 0.6) is 0 Å². The molecule has 0 saturated heterocycles. The minimum atomic E-state index is -0.0479. The van der Waals surface area contributed by atoms with Crippen molar-refractivity contribution >= 4 is 22.5 Å². The zero-order chi connectivity index (χ0) is 8.81. The summed E-state index contributed by atoms with van der Waals surface area (Å²) < 4.78 is 0. The quantitative estimate of drug-likeness (QED) is 0.639. The standard InChI is InChI=1S/C10H15Si2/c1-3-12(4-2)11-10-8-6-5-7-9-10/h5-9H,3-4H2,1-2H3. The molecule has 0 aliphatic rings. The molecule has 0 bridgehead atoms. The Balaban J connectivity index is 2.51. The largest absolute Gasteiger partial charge is 0.0682 e. The summed E-state index contributed by atoms with van der Waals surface area (Å²) in [5.74, 6) is 0. The van der Waals surface area contributed by atoms with Crippen LogP contribution in [0.4, 0.5) is 0 Å². The molecule has 0 saturated carbocycles. The van der Waals surface area contributed by atoms with E-state index < -0.39 is 0 Å². The maximum absolute atomic E-state index is 2.33. The van der Waals surface area contributed by atoms with Crippen LogP contribution in [-0.2, 0) is 0 Å². The third-order valence-corrected chi connectivity index (χ3v) is 8.68. The van der Waals surface area contributed by atoms with Crippen molar-refractivity contribution in [3.05, 3.63) is 30.3 Å². The van der Waals surface area contributed by atoms with Crippen LogP contribution in [0.15, 0.2) is 30.3 Å². The summed E-state index contributed by atoms with van der Waals surface area (Å²) in [6.07, 6.45) is 0. The molecule has 2 heteroatoms. The van der Waals surface area contributed by atoms with E-state index in [1.807, 2.05) is 0 Å². The molecule has 1 aromatic rings. The van der Waals surface area contributed by atoms with Gasteiger partial charge in [-0.3, -0.25) is 0 Å². The van der Waals surface area contributed by atoms with Crippen LogP contribution in [-0.4, -0.2) is 17.4 Å². The number of hydrogen-bond acceptors (Lipinski definition) is 0. The molecule has 1 rings (SSSR count). The van der Waals surface area contributed by atoms with Crippen LogP contribution >= 0.6 is 0 Å². The van der Waals surface area contributed by atoms with E-state index in [1.54, 1.807) is 5.19 Å². The first-order valence-electron chi connectivity index (χ1n) is 4.53. The fraction of sp³-hybridized carbons (Fsp3) is 0.400. The summed E-state index contributed by atoms with van der Waals surface area (Å²) in [5, 5.41) is 1.55. The minimum Gasteiger partial charge on any atom is -0.0682 e. The van der Waals surface area contributed by atoms with Gasteiger partial charge in [0.1, 0.15) is 0 Å². The first kappa shape index (κ1) is 9.74. The lowest BCUT2D eigenvalue weighted by Gasteiger charge is -2.07. The van der Waals surface area contributed by atoms with Gasteiger partial charge in [-0.15, -0.1) is 0 Å². The van der Waals surface area contributed by atoms with Crippen molar-refractivity contribution in [2.45, 2.75) is 25.9 Å². The Labute approximate surface area is 79.2 Å². The summed E-state index contributed by atoms with van der Waals surface area (Å²) in [7, 11) is 1.05. The van der Waals surface area contributed by atoms with Gasteiger partial charge in [0, 0.05) is 8.31 Å². The number of benzene rings is 1. The zero-order valence-electron chi connectivity index (χ0n) is 7.80. The van der Waals surface area contributed by atoms with E-state index in [0.717, 1.165) is 9.04 Å². The fourth-order valence-electron chi connectivity index (χ4n) is 1.15. The van der Waals surface area contributed by atoms with Gasteiger partial charge in [0.15, 0.2) is 0 Å². The Morgan fingerprint density at radius 2 is 1.67 bits per heavy atom. The Kier molecular flexibility index (Phi) is 4.32. The van der Waals surface area contributed by atoms with Crippen molar-refractivity contribution < 1.29 is 0 Å². The summed E-state index contributed by atoms with van der Waals surface area (Å²) in [4.78, 5) is 0. The molecular formula is C10H15Si2. The lowest BCUT2D eigenvalue weighted by atomic mass is 10.4. The molecule has 0 unspecified atom stereocenters. The molecule has 3 radical (unpaired) electrons. The van der Waals surface area contributed by atoms with Crippen molar-refractivity contribution in [3.63, 3.8) is 0 Å². The van der Waals surface area contributed by atoms with Crippen LogP contribution < -0.4 is 5.19 Å². The maximum Gasteiger partial charge on any atom is 0.0681 e. The number of hydrogen-bond donors (Lipinski definition) is 0. The van der Waals surface area contributed by atoms with Gasteiger partial charge in [0.2, 0.25) is 0 Å². The first-order valence-corrected chi connectivity index (χ1v) is 8.45. The molecular weight excluding hydrogens is 176 g/mol. The Morgan fingerprint density at radius 3 is 2.17 bits per heavy atom. The van der Waals surface area contributed by atoms with E-state index in [9.17, 15) is 0 Å². The second-order valence-corrected chi connectivity index (χ2v) is 9.12. The molecule has 0 fully saturated rings. The van der Waals surface area contributed by atoms with Gasteiger partial charge < -0.3 is 0 Å². The highest BCUT2D eigenvalue weighted by molar-refractivity contribution is 7.17. The Hall–Kier alpha value is -0.346. The van der Waals surface area contributed by atoms with Crippen LogP contribution in [0.2, 0.25) is 12.1 Å². The molecule has 0 N–H and O–H groups in total. The van der Waals surface area contributed by atoms with Gasteiger partial charge in [-0.05, 0) is 0 Å². The molecule has 0 spiro atoms. The minimum absolute atomic E-state index is 0.0479. The summed E-state index contributed by atoms with van der Waals surface area (Å²) in [5.41, 5.74) is 0. The van der Waals surface area contributed by atoms with Crippen LogP contribution in [0.25, 0.3) is 0 Å². The predicted octanol–water partition coefficient (Wildman–Crippen LogP) is 2.05. The smallest absolute Gasteiger partial charge is 0.0681 e. The molecule has 0 atom stereocenters. The van der Waals surface area contributed by atoms with E-state index in [4.69, 9.17) is 0 Å². The highest BCUT2D eigenvalue weighted by Crippen LogP contribution is 1.95. The average molecular weight is 191 g/mol. The zero-order valence-corrected chi connectivity index (χ0v) is 9.80. The molecule has 1 aromatic carbocycles. The molecule has 63 valence electrons. The topological polar surface area (TPSA) is 0 Å². The first-order chi connectivity index (χ1) is 5.86. The normalized spacial score (nSPS) is 10.6.